The maximum atomic E-state index is 11.3. The summed E-state index contributed by atoms with van der Waals surface area (Å²) in [5, 5.41) is 42.3. The van der Waals surface area contributed by atoms with Gasteiger partial charge in [-0.25, -0.2) is 0 Å². The van der Waals surface area contributed by atoms with Gasteiger partial charge in [-0.2, -0.15) is 0 Å². The van der Waals surface area contributed by atoms with Crippen LogP contribution in [0, 0.1) is 0 Å². The van der Waals surface area contributed by atoms with Crippen molar-refractivity contribution in [1.29, 1.82) is 0 Å². The van der Waals surface area contributed by atoms with Crippen LogP contribution in [0.4, 0.5) is 0 Å². The molecule has 0 aliphatic carbocycles. The molecule has 0 bridgehead atoms. The topological polar surface area (TPSA) is 148 Å². The van der Waals surface area contributed by atoms with Crippen molar-refractivity contribution in [2.75, 3.05) is 13.7 Å². The predicted octanol–water partition coefficient (Wildman–Crippen LogP) is -3.36. The third-order valence-corrected chi connectivity index (χ3v) is 3.47. The number of carboxylic acid groups (broad SMARTS) is 1. The van der Waals surface area contributed by atoms with Crippen LogP contribution in [0.2, 0.25) is 0 Å². The highest BCUT2D eigenvalue weighted by molar-refractivity contribution is 5.76. The van der Waals surface area contributed by atoms with Crippen LogP contribution in [0.25, 0.3) is 0 Å². The molecule has 9 nitrogen and oxygen atoms in total. The molecule has 0 aromatic carbocycles. The quantitative estimate of drug-likeness (QED) is 0.371. The van der Waals surface area contributed by atoms with Crippen LogP contribution in [0.1, 0.15) is 13.3 Å². The number of aliphatic hydroxyl groups is 3. The zero-order valence-electron chi connectivity index (χ0n) is 12.3. The highest BCUT2D eigenvalue weighted by Gasteiger charge is 2.49. The summed E-state index contributed by atoms with van der Waals surface area (Å²) in [7, 11) is 1.08. The molecule has 1 aliphatic heterocycles. The number of carbonyl (C=O) groups excluding carboxylic acids is 2. The maximum Gasteiger partial charge on any atom is 0.217 e. The lowest BCUT2D eigenvalue weighted by Crippen LogP contribution is -2.65. The molecular weight excluding hydrogens is 298 g/mol. The van der Waals surface area contributed by atoms with Crippen LogP contribution in [0.15, 0.2) is 12.2 Å². The fraction of sp³-hybridized carbons (Fsp3) is 0.692. The van der Waals surface area contributed by atoms with Crippen molar-refractivity contribution in [3.63, 3.8) is 0 Å². The highest BCUT2D eigenvalue weighted by Crippen LogP contribution is 2.34. The van der Waals surface area contributed by atoms with Gasteiger partial charge in [0, 0.05) is 20.5 Å². The zero-order valence-corrected chi connectivity index (χ0v) is 12.3. The monoisotopic (exact) mass is 318 g/mol. The number of carbonyl (C=O) groups is 2. The summed E-state index contributed by atoms with van der Waals surface area (Å²) >= 11 is 0. The van der Waals surface area contributed by atoms with Crippen LogP contribution in [0.5, 0.6) is 0 Å². The number of methoxy groups -OCH3 is 1. The van der Waals surface area contributed by atoms with Crippen molar-refractivity contribution in [3.05, 3.63) is 12.2 Å². The molecular formula is C13H20NO8-. The molecule has 0 aromatic rings. The van der Waals surface area contributed by atoms with E-state index >= 15 is 0 Å². The Morgan fingerprint density at radius 3 is 2.59 bits per heavy atom. The minimum absolute atomic E-state index is 0.210. The molecule has 0 unspecified atom stereocenters. The van der Waals surface area contributed by atoms with Crippen LogP contribution >= 0.6 is 0 Å². The minimum atomic E-state index is -2.20. The minimum Gasteiger partial charge on any atom is -0.544 e. The number of amides is 1. The molecule has 4 N–H and O–H groups in total. The first-order valence-electron chi connectivity index (χ1n) is 6.54. The Hall–Kier alpha value is -1.52. The summed E-state index contributed by atoms with van der Waals surface area (Å²) < 4.78 is 10.1. The molecule has 5 atom stereocenters. The third-order valence-electron chi connectivity index (χ3n) is 3.47. The fourth-order valence-electron chi connectivity index (χ4n) is 2.29. The van der Waals surface area contributed by atoms with E-state index in [0.717, 1.165) is 7.11 Å². The van der Waals surface area contributed by atoms with E-state index in [-0.39, 0.29) is 12.0 Å². The summed E-state index contributed by atoms with van der Waals surface area (Å²) in [6.07, 6.45) is -5.00. The van der Waals surface area contributed by atoms with Crippen molar-refractivity contribution in [2.24, 2.45) is 0 Å². The number of aliphatic hydroxyl groups excluding tert-OH is 3. The number of hydrogen-bond acceptors (Lipinski definition) is 8. The van der Waals surface area contributed by atoms with E-state index in [1.54, 1.807) is 0 Å². The van der Waals surface area contributed by atoms with Gasteiger partial charge in [0.25, 0.3) is 0 Å². The van der Waals surface area contributed by atoms with Crippen molar-refractivity contribution >= 4 is 11.9 Å². The van der Waals surface area contributed by atoms with Gasteiger partial charge >= 0.3 is 0 Å². The third kappa shape index (κ3) is 3.62. The molecule has 1 saturated heterocycles. The van der Waals surface area contributed by atoms with Crippen LogP contribution in [0.3, 0.4) is 0 Å². The normalized spacial score (nSPS) is 31.4. The first kappa shape index (κ1) is 18.5. The van der Waals surface area contributed by atoms with Gasteiger partial charge in [0.15, 0.2) is 0 Å². The van der Waals surface area contributed by atoms with Crippen LogP contribution in [-0.4, -0.2) is 71.1 Å². The second-order valence-corrected chi connectivity index (χ2v) is 5.08. The molecule has 1 fully saturated rings. The first-order chi connectivity index (χ1) is 10.2. The predicted molar refractivity (Wildman–Crippen MR) is 70.1 cm³/mol. The number of aliphatic carboxylic acids is 1. The van der Waals surface area contributed by atoms with Gasteiger partial charge in [-0.15, -0.1) is 0 Å². The molecule has 0 aromatic heterocycles. The second kappa shape index (κ2) is 7.16. The Bertz CT molecular complexity index is 453. The molecule has 1 aliphatic rings. The van der Waals surface area contributed by atoms with Crippen molar-refractivity contribution in [3.8, 4) is 0 Å². The lowest BCUT2D eigenvalue weighted by molar-refractivity contribution is -0.368. The van der Waals surface area contributed by atoms with E-state index in [9.17, 15) is 24.9 Å². The smallest absolute Gasteiger partial charge is 0.217 e. The van der Waals surface area contributed by atoms with Gasteiger partial charge < -0.3 is 40.0 Å². The van der Waals surface area contributed by atoms with E-state index in [1.165, 1.54) is 6.92 Å². The molecule has 126 valence electrons. The summed E-state index contributed by atoms with van der Waals surface area (Å²) in [5.41, 5.74) is 0.210. The molecule has 1 rings (SSSR count). The molecule has 0 spiro atoms. The van der Waals surface area contributed by atoms with Crippen molar-refractivity contribution in [2.45, 2.75) is 43.5 Å². The lowest BCUT2D eigenvalue weighted by Gasteiger charge is -2.47. The fourth-order valence-corrected chi connectivity index (χ4v) is 2.29. The van der Waals surface area contributed by atoms with Gasteiger partial charge in [-0.1, -0.05) is 6.58 Å². The summed E-state index contributed by atoms with van der Waals surface area (Å²) in [4.78, 5) is 22.6. The largest absolute Gasteiger partial charge is 0.544 e. The zero-order chi connectivity index (χ0) is 17.1. The summed E-state index contributed by atoms with van der Waals surface area (Å²) in [6.45, 7) is 4.10. The SMILES string of the molecule is C=C1C[C@@](OC)(C(=O)[O-])O[C@@H]([C@H](O)[C@H](O)CO)[C@@H]1NC(C)=O. The van der Waals surface area contributed by atoms with E-state index in [0.29, 0.717) is 0 Å². The van der Waals surface area contributed by atoms with Gasteiger partial charge in [0.1, 0.15) is 24.3 Å². The Morgan fingerprint density at radius 2 is 2.18 bits per heavy atom. The van der Waals surface area contributed by atoms with Gasteiger partial charge in [-0.3, -0.25) is 4.79 Å². The number of ether oxygens (including phenoxy) is 2. The standard InChI is InChI=1S/C13H21NO8/c1-6-4-13(21-3,12(19)20)22-11(9(6)14-7(2)16)10(18)8(17)5-15/h8-11,15,17-18H,1,4-5H2,2-3H3,(H,14,16)(H,19,20)/p-1/t8-,9-,10-,11-,13+/m1/s1. The summed E-state index contributed by atoms with van der Waals surface area (Å²) in [5.74, 6) is -4.36. The van der Waals surface area contributed by atoms with Crippen LogP contribution < -0.4 is 10.4 Å². The molecule has 0 radical (unpaired) electrons. The molecule has 22 heavy (non-hydrogen) atoms. The van der Waals surface area contributed by atoms with E-state index < -0.39 is 48.6 Å². The molecule has 9 heteroatoms. The first-order valence-corrected chi connectivity index (χ1v) is 6.54. The van der Waals surface area contributed by atoms with Crippen molar-refractivity contribution < 1.29 is 39.5 Å². The van der Waals surface area contributed by atoms with E-state index in [1.807, 2.05) is 0 Å². The lowest BCUT2D eigenvalue weighted by atomic mass is 9.87. The Kier molecular flexibility index (Phi) is 6.03. The Morgan fingerprint density at radius 1 is 1.59 bits per heavy atom. The second-order valence-electron chi connectivity index (χ2n) is 5.08. The van der Waals surface area contributed by atoms with E-state index in [2.05, 4.69) is 11.9 Å². The van der Waals surface area contributed by atoms with Gasteiger partial charge in [-0.05, 0) is 5.57 Å². The molecule has 0 saturated carbocycles. The van der Waals surface area contributed by atoms with Gasteiger partial charge in [0.05, 0.1) is 12.6 Å². The average Bonchev–Trinajstić information content (AvgIpc) is 2.46. The average molecular weight is 318 g/mol. The Balaban J connectivity index is 3.17. The Labute approximate surface area is 127 Å². The number of hydrogen-bond donors (Lipinski definition) is 4. The highest BCUT2D eigenvalue weighted by atomic mass is 16.7. The van der Waals surface area contributed by atoms with E-state index in [4.69, 9.17) is 14.6 Å². The number of nitrogens with one attached hydrogen (secondary N) is 1. The van der Waals surface area contributed by atoms with Crippen molar-refractivity contribution in [1.82, 2.24) is 5.32 Å². The number of carboxylic acids is 1. The number of rotatable bonds is 6. The maximum absolute atomic E-state index is 11.3. The summed E-state index contributed by atoms with van der Waals surface area (Å²) in [6, 6.07) is -0.962. The molecule has 1 amide bonds. The van der Waals surface area contributed by atoms with Crippen LogP contribution in [-0.2, 0) is 19.1 Å². The van der Waals surface area contributed by atoms with Gasteiger partial charge in [0.2, 0.25) is 11.7 Å². The molecule has 1 heterocycles.